The molecule has 7 nitrogen and oxygen atoms in total. The lowest BCUT2D eigenvalue weighted by atomic mass is 10.1. The third-order valence-corrected chi connectivity index (χ3v) is 7.51. The number of halogens is 2. The molecule has 10 heteroatoms. The fourth-order valence-corrected chi connectivity index (χ4v) is 5.40. The summed E-state index contributed by atoms with van der Waals surface area (Å²) in [5.74, 6) is 5.49. The Morgan fingerprint density at radius 2 is 1.92 bits per heavy atom. The highest BCUT2D eigenvalue weighted by Gasteiger charge is 2.13. The molecule has 0 atom stereocenters. The van der Waals surface area contributed by atoms with Crippen LogP contribution in [-0.2, 0) is 18.7 Å². The van der Waals surface area contributed by atoms with Crippen molar-refractivity contribution < 1.29 is 8.81 Å². The van der Waals surface area contributed by atoms with E-state index >= 15 is 0 Å². The lowest BCUT2D eigenvalue weighted by Crippen LogP contribution is -2.28. The van der Waals surface area contributed by atoms with Gasteiger partial charge in [0.2, 0.25) is 0 Å². The zero-order valence-electron chi connectivity index (χ0n) is 20.3. The number of rotatable bonds is 10. The number of aryl methyl sites for hydroxylation is 2. The molecule has 0 amide bonds. The SMILES string of the molecule is Cc1cc(Nc2ccc(F)c(Cl)c2)n2nc(CCCSCc3ccc(CN4CCCCC4)o3)nc2n1. The minimum atomic E-state index is -0.455. The van der Waals surface area contributed by atoms with E-state index < -0.39 is 5.82 Å². The van der Waals surface area contributed by atoms with Gasteiger partial charge in [-0.3, -0.25) is 4.90 Å². The maximum Gasteiger partial charge on any atom is 0.254 e. The first-order chi connectivity index (χ1) is 17.5. The number of hydrogen-bond donors (Lipinski definition) is 1. The summed E-state index contributed by atoms with van der Waals surface area (Å²) in [5, 5.41) is 7.95. The molecule has 1 aliphatic heterocycles. The number of nitrogens with one attached hydrogen (secondary N) is 1. The van der Waals surface area contributed by atoms with Crippen molar-refractivity contribution in [3.8, 4) is 0 Å². The number of benzene rings is 1. The van der Waals surface area contributed by atoms with E-state index in [0.29, 0.717) is 17.3 Å². The van der Waals surface area contributed by atoms with E-state index in [0.717, 1.165) is 53.9 Å². The topological polar surface area (TPSA) is 71.5 Å². The Kier molecular flexibility index (Phi) is 8.09. The van der Waals surface area contributed by atoms with Crippen LogP contribution in [0.1, 0.15) is 48.7 Å². The van der Waals surface area contributed by atoms with Gasteiger partial charge in [-0.25, -0.2) is 9.37 Å². The maximum absolute atomic E-state index is 13.5. The predicted molar refractivity (Wildman–Crippen MR) is 143 cm³/mol. The van der Waals surface area contributed by atoms with Crippen LogP contribution in [0.3, 0.4) is 0 Å². The van der Waals surface area contributed by atoms with E-state index in [4.69, 9.17) is 16.0 Å². The van der Waals surface area contributed by atoms with Crippen molar-refractivity contribution in [2.75, 3.05) is 24.2 Å². The fourth-order valence-electron chi connectivity index (χ4n) is 4.37. The van der Waals surface area contributed by atoms with Crippen molar-refractivity contribution >= 4 is 40.6 Å². The Morgan fingerprint density at radius 3 is 2.75 bits per heavy atom. The molecular formula is C26H30ClFN6OS. The number of fused-ring (bicyclic) bond motifs is 1. The normalized spacial score (nSPS) is 14.5. The van der Waals surface area contributed by atoms with Crippen LogP contribution >= 0.6 is 23.4 Å². The molecule has 1 aromatic carbocycles. The first-order valence-electron chi connectivity index (χ1n) is 12.4. The molecule has 5 rings (SSSR count). The van der Waals surface area contributed by atoms with Crippen LogP contribution in [0.15, 0.2) is 40.8 Å². The van der Waals surface area contributed by atoms with E-state index in [1.54, 1.807) is 16.6 Å². The van der Waals surface area contributed by atoms with E-state index in [2.05, 4.69) is 37.4 Å². The van der Waals surface area contributed by atoms with Gasteiger partial charge >= 0.3 is 0 Å². The molecule has 0 unspecified atom stereocenters. The molecule has 1 saturated heterocycles. The Bertz CT molecular complexity index is 1320. The number of hydrogen-bond acceptors (Lipinski definition) is 7. The maximum atomic E-state index is 13.5. The molecule has 0 radical (unpaired) electrons. The Labute approximate surface area is 219 Å². The van der Waals surface area contributed by atoms with Gasteiger partial charge in [-0.15, -0.1) is 5.10 Å². The average Bonchev–Trinajstić information content (AvgIpc) is 3.48. The molecule has 1 N–H and O–H groups in total. The van der Waals surface area contributed by atoms with Gasteiger partial charge in [-0.1, -0.05) is 18.0 Å². The Hall–Kier alpha value is -2.62. The van der Waals surface area contributed by atoms with Gasteiger partial charge in [0.05, 0.1) is 17.3 Å². The summed E-state index contributed by atoms with van der Waals surface area (Å²) in [6.07, 6.45) is 5.65. The first-order valence-corrected chi connectivity index (χ1v) is 13.9. The minimum Gasteiger partial charge on any atom is -0.464 e. The van der Waals surface area contributed by atoms with Crippen LogP contribution in [0.4, 0.5) is 15.9 Å². The number of aromatic nitrogens is 4. The average molecular weight is 529 g/mol. The largest absolute Gasteiger partial charge is 0.464 e. The Balaban J connectivity index is 1.12. The van der Waals surface area contributed by atoms with Crippen LogP contribution in [0.5, 0.6) is 0 Å². The predicted octanol–water partition coefficient (Wildman–Crippen LogP) is 6.41. The third-order valence-electron chi connectivity index (χ3n) is 6.15. The van der Waals surface area contributed by atoms with Crippen LogP contribution < -0.4 is 5.32 Å². The standard InChI is InChI=1S/C26H30ClFN6OS/c1-18-14-25(30-19-7-10-23(28)22(27)15-19)34-26(29-18)31-24(32-34)6-5-13-36-17-21-9-8-20(35-21)16-33-11-3-2-4-12-33/h7-10,14-15,30H,2-6,11-13,16-17H2,1H3. The summed E-state index contributed by atoms with van der Waals surface area (Å²) in [6.45, 7) is 5.17. The van der Waals surface area contributed by atoms with E-state index in [1.807, 2.05) is 24.8 Å². The molecular weight excluding hydrogens is 499 g/mol. The number of anilines is 2. The van der Waals surface area contributed by atoms with Gasteiger partial charge in [-0.2, -0.15) is 21.3 Å². The number of likely N-dealkylation sites (tertiary alicyclic amines) is 1. The molecule has 3 aromatic heterocycles. The summed E-state index contributed by atoms with van der Waals surface area (Å²) in [6, 6.07) is 10.6. The quantitative estimate of drug-likeness (QED) is 0.238. The number of thioether (sulfide) groups is 1. The molecule has 0 aliphatic carbocycles. The zero-order chi connectivity index (χ0) is 24.9. The fraction of sp³-hybridized carbons (Fsp3) is 0.423. The highest BCUT2D eigenvalue weighted by molar-refractivity contribution is 7.98. The second-order valence-corrected chi connectivity index (χ2v) is 10.6. The number of furan rings is 1. The molecule has 1 aliphatic rings. The van der Waals surface area contributed by atoms with E-state index in [1.165, 1.54) is 38.4 Å². The summed E-state index contributed by atoms with van der Waals surface area (Å²) >= 11 is 7.79. The highest BCUT2D eigenvalue weighted by Crippen LogP contribution is 2.24. The summed E-state index contributed by atoms with van der Waals surface area (Å²) in [7, 11) is 0. The van der Waals surface area contributed by atoms with Gasteiger partial charge in [0, 0.05) is 23.9 Å². The van der Waals surface area contributed by atoms with Crippen LogP contribution in [-0.4, -0.2) is 43.3 Å². The summed E-state index contributed by atoms with van der Waals surface area (Å²) in [4.78, 5) is 11.6. The summed E-state index contributed by atoms with van der Waals surface area (Å²) in [5.41, 5.74) is 1.48. The number of nitrogens with zero attached hydrogens (tertiary/aromatic N) is 5. The van der Waals surface area contributed by atoms with Crippen molar-refractivity contribution in [2.24, 2.45) is 0 Å². The monoisotopic (exact) mass is 528 g/mol. The van der Waals surface area contributed by atoms with Crippen LogP contribution in [0.2, 0.25) is 5.02 Å². The third kappa shape index (κ3) is 6.38. The molecule has 36 heavy (non-hydrogen) atoms. The van der Waals surface area contributed by atoms with Crippen molar-refractivity contribution in [3.05, 3.63) is 70.3 Å². The molecule has 0 spiro atoms. The molecule has 0 bridgehead atoms. The first kappa shape index (κ1) is 25.0. The van der Waals surface area contributed by atoms with Gasteiger partial charge in [0.15, 0.2) is 5.82 Å². The number of piperidine rings is 1. The van der Waals surface area contributed by atoms with Crippen molar-refractivity contribution in [2.45, 2.75) is 51.3 Å². The molecule has 0 saturated carbocycles. The van der Waals surface area contributed by atoms with E-state index in [9.17, 15) is 4.39 Å². The van der Waals surface area contributed by atoms with Crippen molar-refractivity contribution in [1.29, 1.82) is 0 Å². The molecule has 4 heterocycles. The molecule has 190 valence electrons. The lowest BCUT2D eigenvalue weighted by molar-refractivity contribution is 0.204. The van der Waals surface area contributed by atoms with Gasteiger partial charge in [0.1, 0.15) is 23.2 Å². The zero-order valence-corrected chi connectivity index (χ0v) is 21.9. The Morgan fingerprint density at radius 1 is 1.08 bits per heavy atom. The van der Waals surface area contributed by atoms with Crippen molar-refractivity contribution in [1.82, 2.24) is 24.5 Å². The van der Waals surface area contributed by atoms with Gasteiger partial charge in [-0.05, 0) is 75.4 Å². The second kappa shape index (κ2) is 11.6. The van der Waals surface area contributed by atoms with Gasteiger partial charge < -0.3 is 9.73 Å². The van der Waals surface area contributed by atoms with Gasteiger partial charge in [0.25, 0.3) is 5.78 Å². The lowest BCUT2D eigenvalue weighted by Gasteiger charge is -2.25. The second-order valence-electron chi connectivity index (χ2n) is 9.14. The van der Waals surface area contributed by atoms with Crippen LogP contribution in [0.25, 0.3) is 5.78 Å². The molecule has 1 fully saturated rings. The van der Waals surface area contributed by atoms with Crippen molar-refractivity contribution in [3.63, 3.8) is 0 Å². The van der Waals surface area contributed by atoms with Crippen LogP contribution in [0, 0.1) is 12.7 Å². The highest BCUT2D eigenvalue weighted by atomic mass is 35.5. The molecule has 4 aromatic rings. The smallest absolute Gasteiger partial charge is 0.254 e. The van der Waals surface area contributed by atoms with E-state index in [-0.39, 0.29) is 5.02 Å². The minimum absolute atomic E-state index is 0.0616. The summed E-state index contributed by atoms with van der Waals surface area (Å²) < 4.78 is 21.2.